The van der Waals surface area contributed by atoms with Gasteiger partial charge in [-0.15, -0.1) is 24.0 Å². The first-order valence-corrected chi connectivity index (χ1v) is 8.36. The summed E-state index contributed by atoms with van der Waals surface area (Å²) in [6.45, 7) is 10.7. The Morgan fingerprint density at radius 3 is 2.74 bits per heavy atom. The average molecular weight is 433 g/mol. The fourth-order valence-electron chi connectivity index (χ4n) is 3.20. The third kappa shape index (κ3) is 5.36. The molecule has 3 saturated heterocycles. The fraction of sp³-hybridized carbons (Fsp3) is 0.688. The lowest BCUT2D eigenvalue weighted by Crippen LogP contribution is -2.62. The first-order chi connectivity index (χ1) is 10.8. The van der Waals surface area contributed by atoms with Crippen molar-refractivity contribution in [1.29, 1.82) is 0 Å². The van der Waals surface area contributed by atoms with Gasteiger partial charge in [0.2, 0.25) is 0 Å². The van der Waals surface area contributed by atoms with Crippen molar-refractivity contribution in [3.8, 4) is 0 Å². The Bertz CT molecular complexity index is 471. The monoisotopic (exact) mass is 433 g/mol. The Kier molecular flexibility index (Phi) is 7.64. The second kappa shape index (κ2) is 9.48. The van der Waals surface area contributed by atoms with Gasteiger partial charge in [-0.05, 0) is 19.1 Å². The maximum Gasteiger partial charge on any atom is 0.191 e. The third-order valence-electron chi connectivity index (χ3n) is 4.44. The van der Waals surface area contributed by atoms with Crippen molar-refractivity contribution in [1.82, 2.24) is 20.4 Å². The second-order valence-corrected chi connectivity index (χ2v) is 5.97. The van der Waals surface area contributed by atoms with Crippen molar-refractivity contribution in [3.63, 3.8) is 0 Å². The summed E-state index contributed by atoms with van der Waals surface area (Å²) in [7, 11) is 0. The summed E-state index contributed by atoms with van der Waals surface area (Å²) in [4.78, 5) is 9.90. The minimum atomic E-state index is 0. The number of guanidine groups is 1. The number of piperazine rings is 3. The number of halogens is 1. The Labute approximate surface area is 155 Å². The van der Waals surface area contributed by atoms with Gasteiger partial charge in [0.05, 0.1) is 12.8 Å². The molecule has 3 aliphatic rings. The zero-order chi connectivity index (χ0) is 15.2. The number of nitrogens with zero attached hydrogens (tertiary/aromatic N) is 3. The van der Waals surface area contributed by atoms with E-state index in [1.54, 1.807) is 6.26 Å². The molecule has 0 spiro atoms. The maximum absolute atomic E-state index is 5.35. The maximum atomic E-state index is 5.35. The highest BCUT2D eigenvalue weighted by Gasteiger charge is 2.31. The lowest BCUT2D eigenvalue weighted by molar-refractivity contribution is 0.0174. The molecule has 2 bridgehead atoms. The standard InChI is InChI=1S/C16H27N5O.HI/c1-2-17-16(18-6-5-15-4-3-11-22-15)19-12-14-13-20-7-9-21(14)10-8-20;/h3-4,11,14H,2,5-10,12-13H2,1H3,(H2,17,18,19);1H. The molecule has 6 nitrogen and oxygen atoms in total. The van der Waals surface area contributed by atoms with Crippen LogP contribution in [0.2, 0.25) is 0 Å². The van der Waals surface area contributed by atoms with Gasteiger partial charge in [0, 0.05) is 58.3 Å². The molecule has 130 valence electrons. The Morgan fingerprint density at radius 1 is 1.30 bits per heavy atom. The van der Waals surface area contributed by atoms with Gasteiger partial charge in [-0.25, -0.2) is 0 Å². The van der Waals surface area contributed by atoms with Crippen LogP contribution in [0.4, 0.5) is 0 Å². The summed E-state index contributed by atoms with van der Waals surface area (Å²) in [5, 5.41) is 6.71. The van der Waals surface area contributed by atoms with Gasteiger partial charge >= 0.3 is 0 Å². The molecule has 0 amide bonds. The number of nitrogens with one attached hydrogen (secondary N) is 2. The summed E-state index contributed by atoms with van der Waals surface area (Å²) >= 11 is 0. The van der Waals surface area contributed by atoms with E-state index in [-0.39, 0.29) is 24.0 Å². The van der Waals surface area contributed by atoms with Gasteiger partial charge in [0.1, 0.15) is 5.76 Å². The highest BCUT2D eigenvalue weighted by molar-refractivity contribution is 14.0. The largest absolute Gasteiger partial charge is 0.469 e. The molecule has 3 aliphatic heterocycles. The van der Waals surface area contributed by atoms with Gasteiger partial charge in [-0.3, -0.25) is 14.8 Å². The highest BCUT2D eigenvalue weighted by atomic mass is 127. The molecule has 1 aromatic rings. The van der Waals surface area contributed by atoms with Crippen LogP contribution in [0, 0.1) is 0 Å². The molecular weight excluding hydrogens is 405 g/mol. The summed E-state index contributed by atoms with van der Waals surface area (Å²) in [6, 6.07) is 4.51. The van der Waals surface area contributed by atoms with E-state index in [2.05, 4.69) is 27.4 Å². The van der Waals surface area contributed by atoms with Crippen molar-refractivity contribution in [3.05, 3.63) is 24.2 Å². The van der Waals surface area contributed by atoms with Gasteiger partial charge < -0.3 is 15.1 Å². The van der Waals surface area contributed by atoms with E-state index in [0.717, 1.165) is 44.3 Å². The molecule has 0 saturated carbocycles. The van der Waals surface area contributed by atoms with Gasteiger partial charge in [0.25, 0.3) is 0 Å². The molecule has 4 rings (SSSR count). The van der Waals surface area contributed by atoms with Crippen molar-refractivity contribution < 1.29 is 4.42 Å². The van der Waals surface area contributed by atoms with E-state index in [1.807, 2.05) is 12.1 Å². The summed E-state index contributed by atoms with van der Waals surface area (Å²) in [6.07, 6.45) is 2.59. The van der Waals surface area contributed by atoms with Crippen LogP contribution >= 0.6 is 24.0 Å². The van der Waals surface area contributed by atoms with Crippen molar-refractivity contribution >= 4 is 29.9 Å². The molecule has 0 aliphatic carbocycles. The lowest BCUT2D eigenvalue weighted by atomic mass is 10.1. The van der Waals surface area contributed by atoms with Gasteiger partial charge in [-0.2, -0.15) is 0 Å². The SMILES string of the molecule is CCNC(=NCC1CN2CCN1CC2)NCCc1ccco1.I. The van der Waals surface area contributed by atoms with Crippen LogP contribution in [0.15, 0.2) is 27.8 Å². The predicted molar refractivity (Wildman–Crippen MR) is 104 cm³/mol. The van der Waals surface area contributed by atoms with Crippen molar-refractivity contribution in [2.75, 3.05) is 52.4 Å². The van der Waals surface area contributed by atoms with Crippen molar-refractivity contribution in [2.24, 2.45) is 4.99 Å². The molecule has 0 radical (unpaired) electrons. The average Bonchev–Trinajstić information content (AvgIpc) is 3.07. The van der Waals surface area contributed by atoms with Crippen LogP contribution in [0.5, 0.6) is 0 Å². The Hall–Kier alpha value is -0.800. The van der Waals surface area contributed by atoms with Crippen molar-refractivity contribution in [2.45, 2.75) is 19.4 Å². The van der Waals surface area contributed by atoms with E-state index in [9.17, 15) is 0 Å². The third-order valence-corrected chi connectivity index (χ3v) is 4.44. The second-order valence-electron chi connectivity index (χ2n) is 5.97. The van der Waals surface area contributed by atoms with E-state index < -0.39 is 0 Å². The zero-order valence-electron chi connectivity index (χ0n) is 13.8. The van der Waals surface area contributed by atoms with Gasteiger partial charge in [-0.1, -0.05) is 0 Å². The molecule has 1 atom stereocenters. The normalized spacial score (nSPS) is 26.7. The number of fused-ring (bicyclic) bond motifs is 3. The van der Waals surface area contributed by atoms with Crippen LogP contribution in [0.25, 0.3) is 0 Å². The number of aliphatic imine (C=N–C) groups is 1. The molecule has 0 aromatic carbocycles. The lowest BCUT2D eigenvalue weighted by Gasteiger charge is -2.47. The molecule has 23 heavy (non-hydrogen) atoms. The topological polar surface area (TPSA) is 56.0 Å². The van der Waals surface area contributed by atoms with E-state index in [1.165, 1.54) is 26.2 Å². The summed E-state index contributed by atoms with van der Waals surface area (Å²) < 4.78 is 5.35. The van der Waals surface area contributed by atoms with Crippen LogP contribution in [-0.4, -0.2) is 74.2 Å². The zero-order valence-corrected chi connectivity index (χ0v) is 16.2. The Balaban J connectivity index is 0.00000192. The molecule has 7 heteroatoms. The molecule has 3 fully saturated rings. The molecular formula is C16H28IN5O. The van der Waals surface area contributed by atoms with Crippen LogP contribution < -0.4 is 10.6 Å². The number of hydrogen-bond acceptors (Lipinski definition) is 4. The number of rotatable bonds is 6. The number of furan rings is 1. The van der Waals surface area contributed by atoms with Gasteiger partial charge in [0.15, 0.2) is 5.96 Å². The minimum absolute atomic E-state index is 0. The Morgan fingerprint density at radius 2 is 2.13 bits per heavy atom. The van der Waals surface area contributed by atoms with E-state index in [4.69, 9.17) is 9.41 Å². The first kappa shape index (κ1) is 18.5. The van der Waals surface area contributed by atoms with Crippen LogP contribution in [0.3, 0.4) is 0 Å². The van der Waals surface area contributed by atoms with Crippen LogP contribution in [0.1, 0.15) is 12.7 Å². The summed E-state index contributed by atoms with van der Waals surface area (Å²) in [5.41, 5.74) is 0. The predicted octanol–water partition coefficient (Wildman–Crippen LogP) is 0.995. The first-order valence-electron chi connectivity index (χ1n) is 8.36. The molecule has 2 N–H and O–H groups in total. The minimum Gasteiger partial charge on any atom is -0.469 e. The number of hydrogen-bond donors (Lipinski definition) is 2. The summed E-state index contributed by atoms with van der Waals surface area (Å²) in [5.74, 6) is 1.92. The molecule has 4 heterocycles. The quantitative estimate of drug-likeness (QED) is 0.398. The highest BCUT2D eigenvalue weighted by Crippen LogP contribution is 2.15. The smallest absolute Gasteiger partial charge is 0.191 e. The molecule has 1 aromatic heterocycles. The van der Waals surface area contributed by atoms with E-state index in [0.29, 0.717) is 6.04 Å². The fourth-order valence-corrected chi connectivity index (χ4v) is 3.20. The van der Waals surface area contributed by atoms with E-state index >= 15 is 0 Å². The molecule has 1 unspecified atom stereocenters. The van der Waals surface area contributed by atoms with Crippen LogP contribution in [-0.2, 0) is 6.42 Å².